The number of hydrogen-bond acceptors (Lipinski definition) is 5. The van der Waals surface area contributed by atoms with Crippen LogP contribution in [-0.4, -0.2) is 54.8 Å². The van der Waals surface area contributed by atoms with E-state index >= 15 is 0 Å². The van der Waals surface area contributed by atoms with Crippen LogP contribution < -0.4 is 0 Å². The van der Waals surface area contributed by atoms with Crippen LogP contribution in [-0.2, 0) is 14.8 Å². The highest BCUT2D eigenvalue weighted by Gasteiger charge is 2.33. The quantitative estimate of drug-likeness (QED) is 0.845. The number of benzene rings is 1. The van der Waals surface area contributed by atoms with Gasteiger partial charge in [-0.05, 0) is 31.5 Å². The van der Waals surface area contributed by atoms with Gasteiger partial charge in [-0.2, -0.15) is 4.31 Å². The molecule has 1 aromatic rings. The van der Waals surface area contributed by atoms with Crippen LogP contribution in [0.2, 0.25) is 0 Å². The number of sulfonamides is 1. The van der Waals surface area contributed by atoms with Crippen molar-refractivity contribution in [3.05, 3.63) is 29.8 Å². The van der Waals surface area contributed by atoms with E-state index in [1.54, 1.807) is 26.0 Å². The molecular formula is C14H21NO5S. The van der Waals surface area contributed by atoms with Crippen molar-refractivity contribution in [3.63, 3.8) is 0 Å². The van der Waals surface area contributed by atoms with Crippen molar-refractivity contribution in [2.24, 2.45) is 0 Å². The molecule has 0 spiro atoms. The van der Waals surface area contributed by atoms with E-state index in [0.29, 0.717) is 5.56 Å². The second-order valence-corrected chi connectivity index (χ2v) is 7.26. The first kappa shape index (κ1) is 16.4. The number of aliphatic hydroxyl groups excluding tert-OH is 2. The highest BCUT2D eigenvalue weighted by atomic mass is 32.2. The van der Waals surface area contributed by atoms with Crippen molar-refractivity contribution in [1.82, 2.24) is 4.31 Å². The van der Waals surface area contributed by atoms with Gasteiger partial charge in [0.1, 0.15) is 0 Å². The predicted molar refractivity (Wildman–Crippen MR) is 77.3 cm³/mol. The minimum atomic E-state index is -3.62. The first-order valence-corrected chi connectivity index (χ1v) is 8.33. The lowest BCUT2D eigenvalue weighted by Gasteiger charge is -2.35. The van der Waals surface area contributed by atoms with Crippen molar-refractivity contribution in [2.45, 2.75) is 37.1 Å². The van der Waals surface area contributed by atoms with Gasteiger partial charge in [0.15, 0.2) is 0 Å². The minimum absolute atomic E-state index is 0.140. The van der Waals surface area contributed by atoms with Crippen LogP contribution in [0, 0.1) is 0 Å². The normalized spacial score (nSPS) is 25.7. The Hall–Kier alpha value is -0.990. The van der Waals surface area contributed by atoms with Gasteiger partial charge in [-0.3, -0.25) is 0 Å². The topological polar surface area (TPSA) is 87.1 Å². The average molecular weight is 315 g/mol. The second kappa shape index (κ2) is 6.41. The molecule has 0 aliphatic carbocycles. The van der Waals surface area contributed by atoms with Gasteiger partial charge in [0.25, 0.3) is 0 Å². The smallest absolute Gasteiger partial charge is 0.243 e. The third-order valence-electron chi connectivity index (χ3n) is 3.50. The third-order valence-corrected chi connectivity index (χ3v) is 5.34. The van der Waals surface area contributed by atoms with E-state index in [1.165, 1.54) is 16.4 Å². The standard InChI is InChI=1S/C14H21NO5S/c1-10-7-15(8-13(9-16)20-10)21(18,19)14-5-3-12(4-6-14)11(2)17/h3-6,10-11,13,16-17H,7-9H2,1-2H3. The van der Waals surface area contributed by atoms with Gasteiger partial charge in [0, 0.05) is 13.1 Å². The molecule has 1 saturated heterocycles. The highest BCUT2D eigenvalue weighted by Crippen LogP contribution is 2.22. The summed E-state index contributed by atoms with van der Waals surface area (Å²) in [6, 6.07) is 6.19. The molecule has 0 radical (unpaired) electrons. The number of ether oxygens (including phenoxy) is 1. The van der Waals surface area contributed by atoms with Gasteiger partial charge in [0.05, 0.1) is 29.8 Å². The van der Waals surface area contributed by atoms with Crippen molar-refractivity contribution in [2.75, 3.05) is 19.7 Å². The zero-order valence-corrected chi connectivity index (χ0v) is 13.0. The van der Waals surface area contributed by atoms with Crippen molar-refractivity contribution in [3.8, 4) is 0 Å². The molecule has 1 aromatic carbocycles. The summed E-state index contributed by atoms with van der Waals surface area (Å²) >= 11 is 0. The minimum Gasteiger partial charge on any atom is -0.394 e. The summed E-state index contributed by atoms with van der Waals surface area (Å²) in [6.45, 7) is 3.59. The molecule has 2 N–H and O–H groups in total. The molecule has 7 heteroatoms. The van der Waals surface area contributed by atoms with Crippen LogP contribution in [0.4, 0.5) is 0 Å². The van der Waals surface area contributed by atoms with E-state index < -0.39 is 22.2 Å². The van der Waals surface area contributed by atoms with E-state index in [0.717, 1.165) is 0 Å². The number of rotatable bonds is 4. The third kappa shape index (κ3) is 3.61. The fraction of sp³-hybridized carbons (Fsp3) is 0.571. The molecule has 1 heterocycles. The Labute approximate surface area is 125 Å². The molecule has 6 nitrogen and oxygen atoms in total. The number of nitrogens with zero attached hydrogens (tertiary/aromatic N) is 1. The van der Waals surface area contributed by atoms with Gasteiger partial charge >= 0.3 is 0 Å². The fourth-order valence-corrected chi connectivity index (χ4v) is 3.91. The van der Waals surface area contributed by atoms with Gasteiger partial charge in [-0.25, -0.2) is 8.42 Å². The summed E-state index contributed by atoms with van der Waals surface area (Å²) < 4.78 is 32.0. The fourth-order valence-electron chi connectivity index (χ4n) is 2.37. The molecule has 1 aliphatic rings. The van der Waals surface area contributed by atoms with Crippen LogP contribution in [0.25, 0.3) is 0 Å². The lowest BCUT2D eigenvalue weighted by molar-refractivity contribution is -0.0750. The molecule has 1 fully saturated rings. The summed E-state index contributed by atoms with van der Waals surface area (Å²) in [5.41, 5.74) is 0.664. The molecular weight excluding hydrogens is 294 g/mol. The Morgan fingerprint density at radius 2 is 1.95 bits per heavy atom. The highest BCUT2D eigenvalue weighted by molar-refractivity contribution is 7.89. The lowest BCUT2D eigenvalue weighted by atomic mass is 10.1. The van der Waals surface area contributed by atoms with E-state index in [1.807, 2.05) is 0 Å². The Morgan fingerprint density at radius 3 is 2.48 bits per heavy atom. The summed E-state index contributed by atoms with van der Waals surface area (Å²) in [4.78, 5) is 0.178. The van der Waals surface area contributed by atoms with Gasteiger partial charge in [-0.15, -0.1) is 0 Å². The molecule has 2 rings (SSSR count). The molecule has 118 valence electrons. The maximum Gasteiger partial charge on any atom is 0.243 e. The maximum absolute atomic E-state index is 12.6. The maximum atomic E-state index is 12.6. The van der Waals surface area contributed by atoms with Crippen LogP contribution in [0.15, 0.2) is 29.2 Å². The molecule has 0 aromatic heterocycles. The first-order valence-electron chi connectivity index (χ1n) is 6.89. The zero-order chi connectivity index (χ0) is 15.6. The van der Waals surface area contributed by atoms with Gasteiger partial charge in [-0.1, -0.05) is 12.1 Å². The van der Waals surface area contributed by atoms with E-state index in [2.05, 4.69) is 0 Å². The van der Waals surface area contributed by atoms with E-state index in [9.17, 15) is 18.6 Å². The Morgan fingerprint density at radius 1 is 1.33 bits per heavy atom. The number of hydrogen-bond donors (Lipinski definition) is 2. The SMILES string of the molecule is CC1CN(S(=O)(=O)c2ccc(C(C)O)cc2)CC(CO)O1. The average Bonchev–Trinajstić information content (AvgIpc) is 2.46. The van der Waals surface area contributed by atoms with Crippen LogP contribution in [0.1, 0.15) is 25.5 Å². The largest absolute Gasteiger partial charge is 0.394 e. The van der Waals surface area contributed by atoms with Crippen molar-refractivity contribution < 1.29 is 23.4 Å². The van der Waals surface area contributed by atoms with Crippen LogP contribution in [0.5, 0.6) is 0 Å². The summed E-state index contributed by atoms with van der Waals surface area (Å²) in [5.74, 6) is 0. The molecule has 3 atom stereocenters. The lowest BCUT2D eigenvalue weighted by Crippen LogP contribution is -2.50. The molecule has 3 unspecified atom stereocenters. The van der Waals surface area contributed by atoms with Crippen molar-refractivity contribution >= 4 is 10.0 Å². The molecule has 0 bridgehead atoms. The predicted octanol–water partition coefficient (Wildman–Crippen LogP) is 0.510. The Bertz CT molecular complexity index is 570. The van der Waals surface area contributed by atoms with Gasteiger partial charge in [0.2, 0.25) is 10.0 Å². The molecule has 0 amide bonds. The molecule has 21 heavy (non-hydrogen) atoms. The van der Waals surface area contributed by atoms with E-state index in [4.69, 9.17) is 4.74 Å². The first-order chi connectivity index (χ1) is 9.84. The second-order valence-electron chi connectivity index (χ2n) is 5.32. The van der Waals surface area contributed by atoms with Crippen molar-refractivity contribution in [1.29, 1.82) is 0 Å². The van der Waals surface area contributed by atoms with E-state index in [-0.39, 0.29) is 30.7 Å². The van der Waals surface area contributed by atoms with Crippen LogP contribution >= 0.6 is 0 Å². The molecule has 1 aliphatic heterocycles. The Balaban J connectivity index is 2.24. The monoisotopic (exact) mass is 315 g/mol. The van der Waals surface area contributed by atoms with Gasteiger partial charge < -0.3 is 14.9 Å². The number of aliphatic hydroxyl groups is 2. The zero-order valence-electron chi connectivity index (χ0n) is 12.1. The Kier molecular flexibility index (Phi) is 5.00. The number of morpholine rings is 1. The molecule has 0 saturated carbocycles. The summed E-state index contributed by atoms with van der Waals surface area (Å²) in [7, 11) is -3.62. The summed E-state index contributed by atoms with van der Waals surface area (Å²) in [5, 5.41) is 18.6. The van der Waals surface area contributed by atoms with Crippen LogP contribution in [0.3, 0.4) is 0 Å². The summed E-state index contributed by atoms with van der Waals surface area (Å²) in [6.07, 6.45) is -1.40.